The van der Waals surface area contributed by atoms with Crippen molar-refractivity contribution in [1.82, 2.24) is 14.8 Å². The molecule has 1 aliphatic heterocycles. The standard InChI is InChI=1S/C17H21N3O.C10H10O2/c1-2-18-13-16(21)20-12-11-19-10-6-9-15(19)17(20)14-7-4-3-5-8-14;11-10(12)9-6-8(9)7-4-2-1-3-5-7/h3-10,17-18H,2,11-13H2,1H3;1-5,8-9H,6H2,(H,11,12). The van der Waals surface area contributed by atoms with Gasteiger partial charge in [0.25, 0.3) is 0 Å². The lowest BCUT2D eigenvalue weighted by Gasteiger charge is -2.37. The average molecular weight is 446 g/mol. The summed E-state index contributed by atoms with van der Waals surface area (Å²) in [6.07, 6.45) is 2.90. The molecule has 6 heteroatoms. The van der Waals surface area contributed by atoms with E-state index in [-0.39, 0.29) is 23.8 Å². The summed E-state index contributed by atoms with van der Waals surface area (Å²) in [6.45, 7) is 4.85. The molecule has 1 aliphatic carbocycles. The summed E-state index contributed by atoms with van der Waals surface area (Å²) in [4.78, 5) is 25.1. The van der Waals surface area contributed by atoms with Crippen LogP contribution >= 0.6 is 0 Å². The first kappa shape index (κ1) is 22.8. The molecule has 33 heavy (non-hydrogen) atoms. The van der Waals surface area contributed by atoms with E-state index in [0.717, 1.165) is 31.6 Å². The van der Waals surface area contributed by atoms with Gasteiger partial charge in [-0.25, -0.2) is 0 Å². The number of rotatable bonds is 6. The number of carbonyl (C=O) groups is 2. The Morgan fingerprint density at radius 1 is 0.939 bits per heavy atom. The predicted molar refractivity (Wildman–Crippen MR) is 128 cm³/mol. The first-order valence-electron chi connectivity index (χ1n) is 11.6. The molecule has 6 nitrogen and oxygen atoms in total. The van der Waals surface area contributed by atoms with Crippen molar-refractivity contribution in [3.05, 3.63) is 95.8 Å². The van der Waals surface area contributed by atoms with Crippen molar-refractivity contribution >= 4 is 11.9 Å². The third-order valence-corrected chi connectivity index (χ3v) is 6.34. The maximum Gasteiger partial charge on any atom is 0.307 e. The molecular weight excluding hydrogens is 414 g/mol. The van der Waals surface area contributed by atoms with Crippen LogP contribution in [0.15, 0.2) is 79.0 Å². The summed E-state index contributed by atoms with van der Waals surface area (Å²) < 4.78 is 2.24. The molecule has 0 spiro atoms. The minimum atomic E-state index is -0.663. The van der Waals surface area contributed by atoms with Gasteiger partial charge < -0.3 is 19.9 Å². The van der Waals surface area contributed by atoms with E-state index in [0.29, 0.717) is 6.54 Å². The van der Waals surface area contributed by atoms with E-state index in [4.69, 9.17) is 5.11 Å². The molecule has 1 fully saturated rings. The van der Waals surface area contributed by atoms with E-state index in [9.17, 15) is 9.59 Å². The van der Waals surface area contributed by atoms with Gasteiger partial charge >= 0.3 is 5.97 Å². The second-order valence-corrected chi connectivity index (χ2v) is 8.50. The number of carboxylic acid groups (broad SMARTS) is 1. The minimum Gasteiger partial charge on any atom is -0.481 e. The van der Waals surface area contributed by atoms with Crippen molar-refractivity contribution in [2.45, 2.75) is 31.8 Å². The van der Waals surface area contributed by atoms with Gasteiger partial charge in [-0.2, -0.15) is 0 Å². The van der Waals surface area contributed by atoms with Gasteiger partial charge in [0, 0.05) is 25.0 Å². The Morgan fingerprint density at radius 2 is 1.61 bits per heavy atom. The summed E-state index contributed by atoms with van der Waals surface area (Å²) in [7, 11) is 0. The highest BCUT2D eigenvalue weighted by molar-refractivity contribution is 5.79. The Balaban J connectivity index is 0.000000183. The van der Waals surface area contributed by atoms with Crippen LogP contribution in [0.1, 0.15) is 42.1 Å². The highest BCUT2D eigenvalue weighted by Gasteiger charge is 2.43. The van der Waals surface area contributed by atoms with Crippen LogP contribution in [-0.2, 0) is 16.1 Å². The molecule has 2 N–H and O–H groups in total. The number of hydrogen-bond donors (Lipinski definition) is 2. The molecule has 0 saturated heterocycles. The first-order valence-corrected chi connectivity index (χ1v) is 11.6. The minimum absolute atomic E-state index is 0.0149. The molecule has 2 heterocycles. The first-order chi connectivity index (χ1) is 16.1. The van der Waals surface area contributed by atoms with Crippen LogP contribution in [-0.4, -0.2) is 46.1 Å². The number of fused-ring (bicyclic) bond motifs is 1. The van der Waals surface area contributed by atoms with Gasteiger partial charge in [0.05, 0.1) is 18.5 Å². The van der Waals surface area contributed by atoms with Crippen molar-refractivity contribution < 1.29 is 14.7 Å². The highest BCUT2D eigenvalue weighted by atomic mass is 16.4. The molecule has 2 aliphatic rings. The fourth-order valence-electron chi connectivity index (χ4n) is 4.51. The Bertz CT molecular complexity index is 1060. The normalized spacial score (nSPS) is 20.9. The van der Waals surface area contributed by atoms with E-state index >= 15 is 0 Å². The number of benzene rings is 2. The van der Waals surface area contributed by atoms with Gasteiger partial charge in [0.15, 0.2) is 0 Å². The zero-order valence-corrected chi connectivity index (χ0v) is 18.9. The van der Waals surface area contributed by atoms with Gasteiger partial charge in [-0.15, -0.1) is 0 Å². The molecule has 0 bridgehead atoms. The zero-order chi connectivity index (χ0) is 23.2. The summed E-state index contributed by atoms with van der Waals surface area (Å²) in [5.74, 6) is -0.363. The van der Waals surface area contributed by atoms with Crippen molar-refractivity contribution in [1.29, 1.82) is 0 Å². The fourth-order valence-corrected chi connectivity index (χ4v) is 4.51. The number of carboxylic acids is 1. The third kappa shape index (κ3) is 5.34. The second kappa shape index (κ2) is 10.5. The lowest BCUT2D eigenvalue weighted by Crippen LogP contribution is -2.45. The molecule has 1 aromatic heterocycles. The SMILES string of the molecule is CCNCC(=O)N1CCn2cccc2C1c1ccccc1.O=C(O)C1CC1c1ccccc1. The van der Waals surface area contributed by atoms with Crippen LogP contribution in [0.25, 0.3) is 0 Å². The average Bonchev–Trinajstić information content (AvgIpc) is 3.53. The number of hydrogen-bond acceptors (Lipinski definition) is 3. The zero-order valence-electron chi connectivity index (χ0n) is 18.9. The number of likely N-dealkylation sites (N-methyl/N-ethyl adjacent to an activating group) is 1. The van der Waals surface area contributed by atoms with Crippen LogP contribution in [0, 0.1) is 5.92 Å². The van der Waals surface area contributed by atoms with Crippen molar-refractivity contribution in [3.63, 3.8) is 0 Å². The van der Waals surface area contributed by atoms with Gasteiger partial charge in [-0.05, 0) is 42.1 Å². The molecule has 172 valence electrons. The maximum absolute atomic E-state index is 12.5. The maximum atomic E-state index is 12.5. The van der Waals surface area contributed by atoms with E-state index in [1.54, 1.807) is 0 Å². The van der Waals surface area contributed by atoms with E-state index in [1.807, 2.05) is 60.4 Å². The topological polar surface area (TPSA) is 74.6 Å². The van der Waals surface area contributed by atoms with Crippen LogP contribution < -0.4 is 5.32 Å². The molecule has 2 aromatic carbocycles. The van der Waals surface area contributed by atoms with Gasteiger partial charge in [-0.1, -0.05) is 67.6 Å². The predicted octanol–water partition coefficient (Wildman–Crippen LogP) is 3.90. The number of nitrogens with zero attached hydrogens (tertiary/aromatic N) is 2. The van der Waals surface area contributed by atoms with Crippen LogP contribution in [0.4, 0.5) is 0 Å². The Kier molecular flexibility index (Phi) is 7.25. The lowest BCUT2D eigenvalue weighted by molar-refractivity contribution is -0.138. The van der Waals surface area contributed by atoms with Crippen molar-refractivity contribution in [2.75, 3.05) is 19.6 Å². The van der Waals surface area contributed by atoms with Crippen LogP contribution in [0.5, 0.6) is 0 Å². The fraction of sp³-hybridized carbons (Fsp3) is 0.333. The number of aliphatic carboxylic acids is 1. The summed E-state index contributed by atoms with van der Waals surface area (Å²) in [5, 5.41) is 11.8. The Labute approximate surface area is 194 Å². The second-order valence-electron chi connectivity index (χ2n) is 8.50. The van der Waals surface area contributed by atoms with Crippen LogP contribution in [0.3, 0.4) is 0 Å². The number of amides is 1. The van der Waals surface area contributed by atoms with Crippen molar-refractivity contribution in [3.8, 4) is 0 Å². The van der Waals surface area contributed by atoms with Crippen molar-refractivity contribution in [2.24, 2.45) is 5.92 Å². The molecule has 3 atom stereocenters. The monoisotopic (exact) mass is 445 g/mol. The largest absolute Gasteiger partial charge is 0.481 e. The van der Waals surface area contributed by atoms with E-state index in [1.165, 1.54) is 11.3 Å². The van der Waals surface area contributed by atoms with Gasteiger partial charge in [-0.3, -0.25) is 9.59 Å². The third-order valence-electron chi connectivity index (χ3n) is 6.34. The molecule has 5 rings (SSSR count). The highest BCUT2D eigenvalue weighted by Crippen LogP contribution is 2.47. The summed E-state index contributed by atoms with van der Waals surface area (Å²) in [6, 6.07) is 24.3. The van der Waals surface area contributed by atoms with Crippen LogP contribution in [0.2, 0.25) is 0 Å². The Morgan fingerprint density at radius 3 is 2.21 bits per heavy atom. The van der Waals surface area contributed by atoms with E-state index in [2.05, 4.69) is 40.3 Å². The quantitative estimate of drug-likeness (QED) is 0.603. The smallest absolute Gasteiger partial charge is 0.307 e. The molecule has 3 unspecified atom stereocenters. The molecule has 0 radical (unpaired) electrons. The van der Waals surface area contributed by atoms with Gasteiger partial charge in [0.1, 0.15) is 0 Å². The number of aromatic nitrogens is 1. The summed E-state index contributed by atoms with van der Waals surface area (Å²) >= 11 is 0. The Hall–Kier alpha value is -3.38. The molecule has 1 saturated carbocycles. The van der Waals surface area contributed by atoms with Gasteiger partial charge in [0.2, 0.25) is 5.91 Å². The number of carbonyl (C=O) groups excluding carboxylic acids is 1. The molecular formula is C27H31N3O3. The number of nitrogens with one attached hydrogen (secondary N) is 1. The van der Waals surface area contributed by atoms with E-state index < -0.39 is 5.97 Å². The molecule has 3 aromatic rings. The summed E-state index contributed by atoms with van der Waals surface area (Å²) in [5.41, 5.74) is 3.52. The lowest BCUT2D eigenvalue weighted by atomic mass is 10.00. The molecule has 1 amide bonds.